The van der Waals surface area contributed by atoms with Crippen LogP contribution in [0.2, 0.25) is 0 Å². The van der Waals surface area contributed by atoms with Crippen molar-refractivity contribution in [2.75, 3.05) is 0 Å². The normalized spacial score (nSPS) is 10.7. The van der Waals surface area contributed by atoms with Gasteiger partial charge in [0.1, 0.15) is 12.4 Å². The average Bonchev–Trinajstić information content (AvgIpc) is 2.50. The largest absolute Gasteiger partial charge is 0.488 e. The molecule has 0 atom stereocenters. The first-order chi connectivity index (χ1) is 9.75. The molecule has 0 unspecified atom stereocenters. The Morgan fingerprint density at radius 1 is 1.15 bits per heavy atom. The molecule has 0 radical (unpaired) electrons. The molecule has 0 spiro atoms. The third kappa shape index (κ3) is 2.28. The van der Waals surface area contributed by atoms with Crippen LogP contribution < -0.4 is 10.3 Å². The number of ether oxygens (including phenoxy) is 1. The van der Waals surface area contributed by atoms with Crippen molar-refractivity contribution in [3.8, 4) is 5.75 Å². The first-order valence-electron chi connectivity index (χ1n) is 6.36. The van der Waals surface area contributed by atoms with Gasteiger partial charge in [-0.25, -0.2) is 0 Å². The lowest BCUT2D eigenvalue weighted by Crippen LogP contribution is -2.15. The first-order valence-corrected chi connectivity index (χ1v) is 6.36. The van der Waals surface area contributed by atoms with Gasteiger partial charge in [-0.05, 0) is 24.3 Å². The van der Waals surface area contributed by atoms with E-state index in [9.17, 15) is 4.79 Å². The number of aromatic nitrogens is 2. The standard InChI is InChI=1S/C16H14N2O2/c1-18-9-7-13-14(16(18)19)5-2-6-15(13)20-11-12-4-3-8-17-10-12/h2-10H,11H2,1H3. The van der Waals surface area contributed by atoms with Gasteiger partial charge in [0.25, 0.3) is 5.56 Å². The molecule has 3 rings (SSSR count). The molecule has 0 bridgehead atoms. The van der Waals surface area contributed by atoms with Crippen LogP contribution in [-0.4, -0.2) is 9.55 Å². The Bertz CT molecular complexity index is 794. The van der Waals surface area contributed by atoms with Crippen LogP contribution in [0.4, 0.5) is 0 Å². The van der Waals surface area contributed by atoms with Crippen molar-refractivity contribution in [3.05, 3.63) is 70.9 Å². The Hall–Kier alpha value is -2.62. The Kier molecular flexibility index (Phi) is 3.21. The summed E-state index contributed by atoms with van der Waals surface area (Å²) in [7, 11) is 1.74. The molecule has 0 aliphatic carbocycles. The van der Waals surface area contributed by atoms with Crippen LogP contribution >= 0.6 is 0 Å². The SMILES string of the molecule is Cn1ccc2c(OCc3cccnc3)cccc2c1=O. The molecule has 0 amide bonds. The summed E-state index contributed by atoms with van der Waals surface area (Å²) in [5, 5.41) is 1.50. The summed E-state index contributed by atoms with van der Waals surface area (Å²) in [5.74, 6) is 0.712. The van der Waals surface area contributed by atoms with Gasteiger partial charge >= 0.3 is 0 Å². The van der Waals surface area contributed by atoms with Gasteiger partial charge in [-0.1, -0.05) is 12.1 Å². The van der Waals surface area contributed by atoms with E-state index in [-0.39, 0.29) is 5.56 Å². The fourth-order valence-electron chi connectivity index (χ4n) is 2.12. The van der Waals surface area contributed by atoms with Crippen LogP contribution in [0, 0.1) is 0 Å². The highest BCUT2D eigenvalue weighted by atomic mass is 16.5. The zero-order chi connectivity index (χ0) is 13.9. The molecule has 100 valence electrons. The molecular formula is C16H14N2O2. The third-order valence-corrected chi connectivity index (χ3v) is 3.20. The molecule has 4 nitrogen and oxygen atoms in total. The molecule has 1 aromatic carbocycles. The van der Waals surface area contributed by atoms with Gasteiger partial charge in [0.05, 0.1) is 5.39 Å². The van der Waals surface area contributed by atoms with Crippen molar-refractivity contribution in [2.24, 2.45) is 7.05 Å². The van der Waals surface area contributed by atoms with E-state index in [0.29, 0.717) is 17.7 Å². The number of hydrogen-bond acceptors (Lipinski definition) is 3. The highest BCUT2D eigenvalue weighted by Crippen LogP contribution is 2.23. The maximum Gasteiger partial charge on any atom is 0.258 e. The molecular weight excluding hydrogens is 252 g/mol. The van der Waals surface area contributed by atoms with E-state index in [0.717, 1.165) is 10.9 Å². The van der Waals surface area contributed by atoms with Gasteiger partial charge in [-0.15, -0.1) is 0 Å². The second kappa shape index (κ2) is 5.17. The summed E-state index contributed by atoms with van der Waals surface area (Å²) in [4.78, 5) is 16.1. The van der Waals surface area contributed by atoms with E-state index in [1.54, 1.807) is 30.2 Å². The highest BCUT2D eigenvalue weighted by molar-refractivity contribution is 5.87. The summed E-state index contributed by atoms with van der Waals surface area (Å²) in [6, 6.07) is 11.2. The van der Waals surface area contributed by atoms with E-state index in [2.05, 4.69) is 4.98 Å². The van der Waals surface area contributed by atoms with Crippen molar-refractivity contribution in [1.82, 2.24) is 9.55 Å². The second-order valence-corrected chi connectivity index (χ2v) is 4.60. The highest BCUT2D eigenvalue weighted by Gasteiger charge is 2.06. The van der Waals surface area contributed by atoms with Crippen molar-refractivity contribution in [2.45, 2.75) is 6.61 Å². The zero-order valence-electron chi connectivity index (χ0n) is 11.1. The summed E-state index contributed by atoms with van der Waals surface area (Å²) >= 11 is 0. The van der Waals surface area contributed by atoms with Crippen molar-refractivity contribution in [3.63, 3.8) is 0 Å². The number of benzene rings is 1. The quantitative estimate of drug-likeness (QED) is 0.731. The summed E-state index contributed by atoms with van der Waals surface area (Å²) in [6.45, 7) is 0.433. The van der Waals surface area contributed by atoms with Gasteiger partial charge in [0.15, 0.2) is 0 Å². The molecule has 0 fully saturated rings. The molecule has 0 aliphatic heterocycles. The van der Waals surface area contributed by atoms with Crippen molar-refractivity contribution >= 4 is 10.8 Å². The van der Waals surface area contributed by atoms with Gasteiger partial charge < -0.3 is 9.30 Å². The number of aryl methyl sites for hydroxylation is 1. The number of fused-ring (bicyclic) bond motifs is 1. The number of rotatable bonds is 3. The Morgan fingerprint density at radius 3 is 2.85 bits per heavy atom. The van der Waals surface area contributed by atoms with Crippen LogP contribution in [-0.2, 0) is 13.7 Å². The Labute approximate surface area is 116 Å². The predicted octanol–water partition coefficient (Wildman–Crippen LogP) is 2.51. The smallest absolute Gasteiger partial charge is 0.258 e. The van der Waals surface area contributed by atoms with Crippen molar-refractivity contribution in [1.29, 1.82) is 0 Å². The summed E-state index contributed by atoms with van der Waals surface area (Å²) < 4.78 is 7.37. The monoisotopic (exact) mass is 266 g/mol. The van der Waals surface area contributed by atoms with E-state index in [1.165, 1.54) is 0 Å². The molecule has 20 heavy (non-hydrogen) atoms. The van der Waals surface area contributed by atoms with Crippen LogP contribution in [0.3, 0.4) is 0 Å². The van der Waals surface area contributed by atoms with Gasteiger partial charge in [-0.3, -0.25) is 9.78 Å². The van der Waals surface area contributed by atoms with E-state index in [4.69, 9.17) is 4.74 Å². The Balaban J connectivity index is 1.96. The molecule has 0 saturated carbocycles. The van der Waals surface area contributed by atoms with Crippen LogP contribution in [0.15, 0.2) is 59.8 Å². The molecule has 0 N–H and O–H groups in total. The third-order valence-electron chi connectivity index (χ3n) is 3.20. The van der Waals surface area contributed by atoms with Gasteiger partial charge in [-0.2, -0.15) is 0 Å². The number of nitrogens with zero attached hydrogens (tertiary/aromatic N) is 2. The summed E-state index contributed by atoms with van der Waals surface area (Å²) in [6.07, 6.45) is 5.25. The average molecular weight is 266 g/mol. The lowest BCUT2D eigenvalue weighted by atomic mass is 10.1. The molecule has 2 aromatic heterocycles. The van der Waals surface area contributed by atoms with Crippen LogP contribution in [0.1, 0.15) is 5.56 Å². The fourth-order valence-corrected chi connectivity index (χ4v) is 2.12. The number of pyridine rings is 2. The van der Waals surface area contributed by atoms with E-state index in [1.807, 2.05) is 36.4 Å². The molecule has 3 aromatic rings. The predicted molar refractivity (Wildman–Crippen MR) is 77.8 cm³/mol. The van der Waals surface area contributed by atoms with Crippen molar-refractivity contribution < 1.29 is 4.74 Å². The molecule has 0 aliphatic rings. The summed E-state index contributed by atoms with van der Waals surface area (Å²) in [5.41, 5.74) is 0.975. The molecule has 2 heterocycles. The molecule has 0 saturated heterocycles. The maximum absolute atomic E-state index is 12.1. The zero-order valence-corrected chi connectivity index (χ0v) is 11.1. The minimum Gasteiger partial charge on any atom is -0.488 e. The van der Waals surface area contributed by atoms with E-state index < -0.39 is 0 Å². The minimum absolute atomic E-state index is 0.0191. The van der Waals surface area contributed by atoms with Crippen LogP contribution in [0.5, 0.6) is 5.75 Å². The first kappa shape index (κ1) is 12.4. The van der Waals surface area contributed by atoms with Gasteiger partial charge in [0, 0.05) is 36.6 Å². The topological polar surface area (TPSA) is 44.1 Å². The Morgan fingerprint density at radius 2 is 2.05 bits per heavy atom. The fraction of sp³-hybridized carbons (Fsp3) is 0.125. The minimum atomic E-state index is -0.0191. The van der Waals surface area contributed by atoms with Crippen LogP contribution in [0.25, 0.3) is 10.8 Å². The van der Waals surface area contributed by atoms with E-state index >= 15 is 0 Å². The maximum atomic E-state index is 12.1. The second-order valence-electron chi connectivity index (χ2n) is 4.60. The number of hydrogen-bond donors (Lipinski definition) is 0. The van der Waals surface area contributed by atoms with Gasteiger partial charge in [0.2, 0.25) is 0 Å². The lowest BCUT2D eigenvalue weighted by molar-refractivity contribution is 0.309. The molecule has 4 heteroatoms. The lowest BCUT2D eigenvalue weighted by Gasteiger charge is -2.09.